The molecule has 0 bridgehead atoms. The van der Waals surface area contributed by atoms with Gasteiger partial charge in [-0.1, -0.05) is 59.8 Å². The van der Waals surface area contributed by atoms with Crippen molar-refractivity contribution >= 4 is 41.0 Å². The Morgan fingerprint density at radius 1 is 1.07 bits per heavy atom. The van der Waals surface area contributed by atoms with Crippen LogP contribution in [-0.4, -0.2) is 18.4 Å². The average molecular weight is 413 g/mol. The fourth-order valence-electron chi connectivity index (χ4n) is 3.81. The first-order chi connectivity index (χ1) is 14.6. The van der Waals surface area contributed by atoms with Crippen LogP contribution in [0.4, 0.5) is 11.4 Å². The fourth-order valence-corrected chi connectivity index (χ4v) is 4.74. The second-order valence-corrected chi connectivity index (χ2v) is 8.61. The zero-order valence-corrected chi connectivity index (χ0v) is 17.3. The maximum absolute atomic E-state index is 13.1. The molecule has 0 fully saturated rings. The summed E-state index contributed by atoms with van der Waals surface area (Å²) in [5.74, 6) is -0.188. The third kappa shape index (κ3) is 3.42. The number of fused-ring (bicyclic) bond motifs is 2. The molecule has 4 nitrogen and oxygen atoms in total. The van der Waals surface area contributed by atoms with Gasteiger partial charge in [0.05, 0.1) is 10.6 Å². The molecule has 5 heteroatoms. The van der Waals surface area contributed by atoms with E-state index in [2.05, 4.69) is 11.4 Å². The second kappa shape index (κ2) is 7.50. The summed E-state index contributed by atoms with van der Waals surface area (Å²) in [5.41, 5.74) is 5.60. The smallest absolute Gasteiger partial charge is 0.262 e. The predicted molar refractivity (Wildman–Crippen MR) is 122 cm³/mol. The van der Waals surface area contributed by atoms with Gasteiger partial charge >= 0.3 is 0 Å². The third-order valence-electron chi connectivity index (χ3n) is 5.43. The Bertz CT molecular complexity index is 1200. The summed E-state index contributed by atoms with van der Waals surface area (Å²) in [6.45, 7) is 2.72. The first-order valence-electron chi connectivity index (χ1n) is 9.90. The summed E-state index contributed by atoms with van der Waals surface area (Å²) in [5, 5.41) is 2.95. The SMILES string of the molecule is Cc1ccc(/C=C2/Sc3ccc(C(=O)N4CCc5ccccc54)cc3NC2=O)cc1. The second-order valence-electron chi connectivity index (χ2n) is 7.52. The minimum Gasteiger partial charge on any atom is -0.320 e. The lowest BCUT2D eigenvalue weighted by Gasteiger charge is -2.21. The summed E-state index contributed by atoms with van der Waals surface area (Å²) in [7, 11) is 0. The van der Waals surface area contributed by atoms with Crippen molar-refractivity contribution in [3.05, 3.63) is 93.9 Å². The van der Waals surface area contributed by atoms with E-state index >= 15 is 0 Å². The van der Waals surface area contributed by atoms with Crippen LogP contribution in [0.2, 0.25) is 0 Å². The molecule has 0 saturated carbocycles. The summed E-state index contributed by atoms with van der Waals surface area (Å²) in [6, 6.07) is 21.6. The van der Waals surface area contributed by atoms with E-state index in [9.17, 15) is 9.59 Å². The lowest BCUT2D eigenvalue weighted by Crippen LogP contribution is -2.29. The summed E-state index contributed by atoms with van der Waals surface area (Å²) < 4.78 is 0. The Labute approximate surface area is 179 Å². The number of benzene rings is 3. The Morgan fingerprint density at radius 2 is 1.87 bits per heavy atom. The van der Waals surface area contributed by atoms with E-state index in [4.69, 9.17) is 0 Å². The van der Waals surface area contributed by atoms with Crippen molar-refractivity contribution in [1.29, 1.82) is 0 Å². The number of carbonyl (C=O) groups is 2. The zero-order chi connectivity index (χ0) is 20.7. The van der Waals surface area contributed by atoms with Gasteiger partial charge in [0.15, 0.2) is 0 Å². The first kappa shape index (κ1) is 18.7. The number of rotatable bonds is 2. The van der Waals surface area contributed by atoms with Crippen molar-refractivity contribution in [3.63, 3.8) is 0 Å². The molecule has 2 aliphatic rings. The van der Waals surface area contributed by atoms with E-state index in [1.165, 1.54) is 22.9 Å². The molecule has 0 atom stereocenters. The number of nitrogens with one attached hydrogen (secondary N) is 1. The number of aryl methyl sites for hydroxylation is 1. The van der Waals surface area contributed by atoms with Crippen LogP contribution in [0.3, 0.4) is 0 Å². The van der Waals surface area contributed by atoms with E-state index in [0.717, 1.165) is 22.6 Å². The molecule has 1 N–H and O–H groups in total. The van der Waals surface area contributed by atoms with Crippen molar-refractivity contribution in [2.45, 2.75) is 18.2 Å². The number of hydrogen-bond acceptors (Lipinski definition) is 3. The molecular weight excluding hydrogens is 392 g/mol. The van der Waals surface area contributed by atoms with Gasteiger partial charge < -0.3 is 10.2 Å². The number of nitrogens with zero attached hydrogens (tertiary/aromatic N) is 1. The van der Waals surface area contributed by atoms with Crippen LogP contribution >= 0.6 is 11.8 Å². The molecule has 2 heterocycles. The highest BCUT2D eigenvalue weighted by molar-refractivity contribution is 8.04. The topological polar surface area (TPSA) is 49.4 Å². The molecule has 3 aromatic rings. The molecule has 0 aliphatic carbocycles. The van der Waals surface area contributed by atoms with E-state index in [0.29, 0.717) is 22.7 Å². The van der Waals surface area contributed by atoms with Crippen LogP contribution in [-0.2, 0) is 11.2 Å². The van der Waals surface area contributed by atoms with Crippen molar-refractivity contribution in [2.75, 3.05) is 16.8 Å². The largest absolute Gasteiger partial charge is 0.320 e. The number of amides is 2. The number of carbonyl (C=O) groups excluding carboxylic acids is 2. The Morgan fingerprint density at radius 3 is 2.70 bits per heavy atom. The van der Waals surface area contributed by atoms with Gasteiger partial charge in [0.1, 0.15) is 0 Å². The maximum Gasteiger partial charge on any atom is 0.262 e. The number of para-hydroxylation sites is 1. The molecule has 0 radical (unpaired) electrons. The fraction of sp³-hybridized carbons (Fsp3) is 0.120. The standard InChI is InChI=1S/C25H20N2O2S/c1-16-6-8-17(9-7-16)14-23-24(28)26-20-15-19(10-11-22(20)30-23)25(29)27-13-12-18-4-2-3-5-21(18)27/h2-11,14-15H,12-13H2,1H3,(H,26,28)/b23-14+. The molecule has 2 amide bonds. The lowest BCUT2D eigenvalue weighted by atomic mass is 10.1. The molecule has 5 rings (SSSR count). The normalized spacial score (nSPS) is 16.2. The van der Waals surface area contributed by atoms with Crippen LogP contribution < -0.4 is 10.2 Å². The number of thioether (sulfide) groups is 1. The van der Waals surface area contributed by atoms with E-state index < -0.39 is 0 Å². The molecule has 2 aliphatic heterocycles. The highest BCUT2D eigenvalue weighted by atomic mass is 32.2. The molecule has 148 valence electrons. The predicted octanol–water partition coefficient (Wildman–Crippen LogP) is 5.28. The number of hydrogen-bond donors (Lipinski definition) is 1. The van der Waals surface area contributed by atoms with Crippen LogP contribution in [0.1, 0.15) is 27.0 Å². The lowest BCUT2D eigenvalue weighted by molar-refractivity contribution is -0.112. The molecule has 0 unspecified atom stereocenters. The summed E-state index contributed by atoms with van der Waals surface area (Å²) in [6.07, 6.45) is 2.76. The first-order valence-corrected chi connectivity index (χ1v) is 10.7. The van der Waals surface area contributed by atoms with Gasteiger partial charge in [-0.2, -0.15) is 0 Å². The van der Waals surface area contributed by atoms with Gasteiger partial charge in [-0.05, 0) is 54.8 Å². The van der Waals surface area contributed by atoms with Crippen molar-refractivity contribution in [2.24, 2.45) is 0 Å². The minimum absolute atomic E-state index is 0.0389. The van der Waals surface area contributed by atoms with Crippen molar-refractivity contribution < 1.29 is 9.59 Å². The van der Waals surface area contributed by atoms with Crippen LogP contribution in [0, 0.1) is 6.92 Å². The summed E-state index contributed by atoms with van der Waals surface area (Å²) >= 11 is 1.43. The van der Waals surface area contributed by atoms with Crippen molar-refractivity contribution in [1.82, 2.24) is 0 Å². The highest BCUT2D eigenvalue weighted by Crippen LogP contribution is 2.40. The average Bonchev–Trinajstić information content (AvgIpc) is 3.19. The van der Waals surface area contributed by atoms with E-state index in [1.807, 2.05) is 72.5 Å². The Hall–Kier alpha value is -3.31. The van der Waals surface area contributed by atoms with Gasteiger partial charge in [-0.25, -0.2) is 0 Å². The maximum atomic E-state index is 13.1. The molecule has 3 aromatic carbocycles. The van der Waals surface area contributed by atoms with Gasteiger partial charge in [-0.15, -0.1) is 0 Å². The van der Waals surface area contributed by atoms with Crippen LogP contribution in [0.15, 0.2) is 76.5 Å². The highest BCUT2D eigenvalue weighted by Gasteiger charge is 2.27. The summed E-state index contributed by atoms with van der Waals surface area (Å²) in [4.78, 5) is 29.1. The van der Waals surface area contributed by atoms with Crippen LogP contribution in [0.25, 0.3) is 6.08 Å². The quantitative estimate of drug-likeness (QED) is 0.583. The molecular formula is C25H20N2O2S. The third-order valence-corrected chi connectivity index (χ3v) is 6.52. The van der Waals surface area contributed by atoms with Gasteiger partial charge in [0.25, 0.3) is 11.8 Å². The van der Waals surface area contributed by atoms with Crippen LogP contribution in [0.5, 0.6) is 0 Å². The number of anilines is 2. The van der Waals surface area contributed by atoms with E-state index in [1.54, 1.807) is 6.07 Å². The van der Waals surface area contributed by atoms with E-state index in [-0.39, 0.29) is 11.8 Å². The molecule has 0 saturated heterocycles. The molecule has 0 aromatic heterocycles. The minimum atomic E-state index is -0.149. The monoisotopic (exact) mass is 412 g/mol. The zero-order valence-electron chi connectivity index (χ0n) is 16.5. The van der Waals surface area contributed by atoms with Crippen molar-refractivity contribution in [3.8, 4) is 0 Å². The van der Waals surface area contributed by atoms with Gasteiger partial charge in [-0.3, -0.25) is 9.59 Å². The van der Waals surface area contributed by atoms with Gasteiger partial charge in [0.2, 0.25) is 0 Å². The Kier molecular flexibility index (Phi) is 4.68. The molecule has 0 spiro atoms. The molecule has 30 heavy (non-hydrogen) atoms. The van der Waals surface area contributed by atoms with Gasteiger partial charge in [0, 0.05) is 22.7 Å². The Balaban J connectivity index is 1.40.